The average Bonchev–Trinajstić information content (AvgIpc) is 2.38. The molecule has 0 bridgehead atoms. The quantitative estimate of drug-likeness (QED) is 0.596. The van der Waals surface area contributed by atoms with Gasteiger partial charge < -0.3 is 10.5 Å². The summed E-state index contributed by atoms with van der Waals surface area (Å²) in [7, 11) is 1.33. The lowest BCUT2D eigenvalue weighted by Gasteiger charge is -2.05. The van der Waals surface area contributed by atoms with Crippen LogP contribution in [0, 0.1) is 11.3 Å². The number of carbonyl (C=O) groups excluding carboxylic acids is 1. The van der Waals surface area contributed by atoms with Gasteiger partial charge in [-0.1, -0.05) is 12.1 Å². The van der Waals surface area contributed by atoms with E-state index in [1.54, 1.807) is 30.3 Å². The van der Waals surface area contributed by atoms with E-state index in [0.29, 0.717) is 16.8 Å². The van der Waals surface area contributed by atoms with Crippen LogP contribution in [-0.4, -0.2) is 13.1 Å². The summed E-state index contributed by atoms with van der Waals surface area (Å²) in [5.41, 5.74) is 7.18. The molecule has 0 aliphatic heterocycles. The molecule has 0 aliphatic rings. The maximum absolute atomic E-state index is 11.4. The third-order valence-corrected chi connectivity index (χ3v) is 2.60. The molecule has 4 nitrogen and oxygen atoms in total. The maximum atomic E-state index is 11.4. The Bertz CT molecular complexity index is 642. The summed E-state index contributed by atoms with van der Waals surface area (Å²) in [6.07, 6.45) is 0. The molecule has 84 valence electrons. The zero-order chi connectivity index (χ0) is 12.4. The van der Waals surface area contributed by atoms with E-state index in [9.17, 15) is 4.79 Å². The van der Waals surface area contributed by atoms with Gasteiger partial charge in [-0.15, -0.1) is 0 Å². The Morgan fingerprint density at radius 1 is 1.35 bits per heavy atom. The second kappa shape index (κ2) is 4.14. The first kappa shape index (κ1) is 11.0. The first-order valence-electron chi connectivity index (χ1n) is 4.98. The monoisotopic (exact) mass is 226 g/mol. The van der Waals surface area contributed by atoms with Gasteiger partial charge >= 0.3 is 5.97 Å². The third kappa shape index (κ3) is 1.79. The van der Waals surface area contributed by atoms with Crippen molar-refractivity contribution >= 4 is 22.4 Å². The molecule has 2 N–H and O–H groups in total. The SMILES string of the molecule is COC(=O)c1ccc2c(N)c(C#N)ccc2c1. The van der Waals surface area contributed by atoms with Crippen LogP contribution in [0.15, 0.2) is 30.3 Å². The van der Waals surface area contributed by atoms with E-state index in [0.717, 1.165) is 10.8 Å². The summed E-state index contributed by atoms with van der Waals surface area (Å²) >= 11 is 0. The molecule has 2 aromatic carbocycles. The Kier molecular flexibility index (Phi) is 2.67. The Labute approximate surface area is 98.2 Å². The van der Waals surface area contributed by atoms with Crippen LogP contribution < -0.4 is 5.73 Å². The van der Waals surface area contributed by atoms with Crippen molar-refractivity contribution in [3.8, 4) is 6.07 Å². The molecule has 0 unspecified atom stereocenters. The van der Waals surface area contributed by atoms with E-state index in [1.165, 1.54) is 7.11 Å². The van der Waals surface area contributed by atoms with Gasteiger partial charge in [-0.3, -0.25) is 0 Å². The van der Waals surface area contributed by atoms with E-state index < -0.39 is 5.97 Å². The van der Waals surface area contributed by atoms with Gasteiger partial charge in [-0.2, -0.15) is 5.26 Å². The molecule has 0 amide bonds. The molecule has 0 saturated carbocycles. The molecule has 0 aromatic heterocycles. The van der Waals surface area contributed by atoms with E-state index in [1.807, 2.05) is 6.07 Å². The molecule has 0 radical (unpaired) electrons. The number of nitrogens with zero attached hydrogens (tertiary/aromatic N) is 1. The molecule has 0 spiro atoms. The van der Waals surface area contributed by atoms with E-state index in [-0.39, 0.29) is 0 Å². The average molecular weight is 226 g/mol. The minimum Gasteiger partial charge on any atom is -0.465 e. The predicted molar refractivity (Wildman–Crippen MR) is 64.4 cm³/mol. The fourth-order valence-electron chi connectivity index (χ4n) is 1.70. The Morgan fingerprint density at radius 3 is 2.76 bits per heavy atom. The van der Waals surface area contributed by atoms with Gasteiger partial charge in [0.25, 0.3) is 0 Å². The van der Waals surface area contributed by atoms with Gasteiger partial charge in [0.15, 0.2) is 0 Å². The number of anilines is 1. The van der Waals surface area contributed by atoms with Crippen molar-refractivity contribution in [3.05, 3.63) is 41.5 Å². The second-order valence-electron chi connectivity index (χ2n) is 3.57. The summed E-state index contributed by atoms with van der Waals surface area (Å²) < 4.78 is 4.64. The van der Waals surface area contributed by atoms with Gasteiger partial charge in [-0.25, -0.2) is 4.79 Å². The fraction of sp³-hybridized carbons (Fsp3) is 0.0769. The van der Waals surface area contributed by atoms with Crippen molar-refractivity contribution in [1.29, 1.82) is 5.26 Å². The summed E-state index contributed by atoms with van der Waals surface area (Å²) in [6, 6.07) is 10.5. The number of nitrogens with two attached hydrogens (primary N) is 1. The summed E-state index contributed by atoms with van der Waals surface area (Å²) in [6.45, 7) is 0. The number of esters is 1. The summed E-state index contributed by atoms with van der Waals surface area (Å²) in [5.74, 6) is -0.394. The minimum absolute atomic E-state index is 0.394. The molecular formula is C13H10N2O2. The molecule has 2 aromatic rings. The number of benzene rings is 2. The molecule has 4 heteroatoms. The Balaban J connectivity index is 2.66. The topological polar surface area (TPSA) is 76.1 Å². The Hall–Kier alpha value is -2.54. The Morgan fingerprint density at radius 2 is 2.12 bits per heavy atom. The molecule has 0 heterocycles. The molecule has 17 heavy (non-hydrogen) atoms. The highest BCUT2D eigenvalue weighted by molar-refractivity contribution is 6.00. The first-order chi connectivity index (χ1) is 8.17. The van der Waals surface area contributed by atoms with Crippen LogP contribution in [0.2, 0.25) is 0 Å². The number of hydrogen-bond acceptors (Lipinski definition) is 4. The molecular weight excluding hydrogens is 216 g/mol. The van der Waals surface area contributed by atoms with Crippen molar-refractivity contribution in [1.82, 2.24) is 0 Å². The molecule has 0 fully saturated rings. The standard InChI is InChI=1S/C13H10N2O2/c1-17-13(16)9-4-5-11-8(6-9)2-3-10(7-14)12(11)15/h2-6H,15H2,1H3. The van der Waals surface area contributed by atoms with Crippen molar-refractivity contribution in [2.24, 2.45) is 0 Å². The van der Waals surface area contributed by atoms with Crippen LogP contribution in [0.25, 0.3) is 10.8 Å². The number of fused-ring (bicyclic) bond motifs is 1. The number of hydrogen-bond donors (Lipinski definition) is 1. The van der Waals surface area contributed by atoms with E-state index >= 15 is 0 Å². The van der Waals surface area contributed by atoms with Gasteiger partial charge in [0.05, 0.1) is 23.9 Å². The largest absolute Gasteiger partial charge is 0.465 e. The van der Waals surface area contributed by atoms with Gasteiger partial charge in [-0.05, 0) is 23.6 Å². The fourth-order valence-corrected chi connectivity index (χ4v) is 1.70. The highest BCUT2D eigenvalue weighted by Gasteiger charge is 2.08. The molecule has 0 atom stereocenters. The number of methoxy groups -OCH3 is 1. The van der Waals surface area contributed by atoms with Crippen molar-refractivity contribution in [2.75, 3.05) is 12.8 Å². The zero-order valence-corrected chi connectivity index (χ0v) is 9.23. The number of ether oxygens (including phenoxy) is 1. The smallest absolute Gasteiger partial charge is 0.337 e. The molecule has 2 rings (SSSR count). The van der Waals surface area contributed by atoms with Crippen LogP contribution in [0.1, 0.15) is 15.9 Å². The van der Waals surface area contributed by atoms with Crippen molar-refractivity contribution in [3.63, 3.8) is 0 Å². The lowest BCUT2D eigenvalue weighted by molar-refractivity contribution is 0.0601. The number of nitrogen functional groups attached to an aromatic ring is 1. The van der Waals surface area contributed by atoms with Gasteiger partial charge in [0, 0.05) is 5.39 Å². The normalized spacial score (nSPS) is 9.88. The van der Waals surface area contributed by atoms with E-state index in [2.05, 4.69) is 4.74 Å². The first-order valence-corrected chi connectivity index (χ1v) is 4.98. The van der Waals surface area contributed by atoms with Crippen LogP contribution >= 0.6 is 0 Å². The van der Waals surface area contributed by atoms with E-state index in [4.69, 9.17) is 11.0 Å². The lowest BCUT2D eigenvalue weighted by atomic mass is 10.0. The van der Waals surface area contributed by atoms with Crippen LogP contribution in [0.5, 0.6) is 0 Å². The van der Waals surface area contributed by atoms with Crippen LogP contribution in [0.4, 0.5) is 5.69 Å². The summed E-state index contributed by atoms with van der Waals surface area (Å²) in [5, 5.41) is 10.4. The zero-order valence-electron chi connectivity index (χ0n) is 9.23. The predicted octanol–water partition coefficient (Wildman–Crippen LogP) is 2.08. The number of carbonyl (C=O) groups is 1. The van der Waals surface area contributed by atoms with Crippen molar-refractivity contribution in [2.45, 2.75) is 0 Å². The number of rotatable bonds is 1. The van der Waals surface area contributed by atoms with Gasteiger partial charge in [0.1, 0.15) is 6.07 Å². The lowest BCUT2D eigenvalue weighted by Crippen LogP contribution is -2.01. The maximum Gasteiger partial charge on any atom is 0.337 e. The molecule has 0 aliphatic carbocycles. The van der Waals surface area contributed by atoms with Crippen LogP contribution in [0.3, 0.4) is 0 Å². The highest BCUT2D eigenvalue weighted by atomic mass is 16.5. The third-order valence-electron chi connectivity index (χ3n) is 2.60. The van der Waals surface area contributed by atoms with Gasteiger partial charge in [0.2, 0.25) is 0 Å². The number of nitriles is 1. The molecule has 0 saturated heterocycles. The van der Waals surface area contributed by atoms with Crippen LogP contribution in [-0.2, 0) is 4.74 Å². The summed E-state index contributed by atoms with van der Waals surface area (Å²) in [4.78, 5) is 11.4. The minimum atomic E-state index is -0.394. The highest BCUT2D eigenvalue weighted by Crippen LogP contribution is 2.25. The van der Waals surface area contributed by atoms with Crippen molar-refractivity contribution < 1.29 is 9.53 Å². The second-order valence-corrected chi connectivity index (χ2v) is 3.57.